The normalized spacial score (nSPS) is 8.00. The average molecular weight is 136 g/mol. The second-order valence-electron chi connectivity index (χ2n) is 2.68. The van der Waals surface area contributed by atoms with Crippen molar-refractivity contribution in [1.82, 2.24) is 9.80 Å². The lowest BCUT2D eigenvalue weighted by molar-refractivity contribution is 0.505. The van der Waals surface area contributed by atoms with Crippen molar-refractivity contribution < 1.29 is 5.48 Å². The number of hydrogen-bond donors (Lipinski definition) is 0. The van der Waals surface area contributed by atoms with Crippen LogP contribution in [0.5, 0.6) is 0 Å². The molecule has 3 heteroatoms. The van der Waals surface area contributed by atoms with E-state index in [1.807, 2.05) is 52.1 Å². The molecule has 0 saturated heterocycles. The third-order valence-electron chi connectivity index (χ3n) is 0. The molecule has 0 saturated carbocycles. The van der Waals surface area contributed by atoms with Crippen LogP contribution in [-0.2, 0) is 0 Å². The van der Waals surface area contributed by atoms with Gasteiger partial charge in [-0.15, -0.1) is 0 Å². The summed E-state index contributed by atoms with van der Waals surface area (Å²) in [5, 5.41) is 0. The van der Waals surface area contributed by atoms with Gasteiger partial charge in [-0.05, 0) is 42.3 Å². The van der Waals surface area contributed by atoms with Gasteiger partial charge in [0.2, 0.25) is 0 Å². The predicted octanol–water partition coefficient (Wildman–Crippen LogP) is -0.469. The van der Waals surface area contributed by atoms with E-state index in [4.69, 9.17) is 0 Å². The van der Waals surface area contributed by atoms with Gasteiger partial charge in [-0.25, -0.2) is 0 Å². The largest absolute Gasteiger partial charge is 0.412 e. The molecule has 0 aromatic heterocycles. The van der Waals surface area contributed by atoms with Crippen molar-refractivity contribution in [2.24, 2.45) is 0 Å². The third-order valence-corrected chi connectivity index (χ3v) is 0. The molecular weight excluding hydrogens is 116 g/mol. The maximum atomic E-state index is 2.00. The molecule has 0 unspecified atom stereocenters. The second-order valence-corrected chi connectivity index (χ2v) is 2.68. The van der Waals surface area contributed by atoms with Gasteiger partial charge in [0.25, 0.3) is 0 Å². The van der Waals surface area contributed by atoms with Gasteiger partial charge in [-0.2, -0.15) is 0 Å². The smallest absolute Gasteiger partial charge is 0.0140 e. The SMILES string of the molecule is CN(C)C.CN(C)C.O. The Kier molecular flexibility index (Phi) is 19.1. The first-order valence-corrected chi connectivity index (χ1v) is 2.68. The van der Waals surface area contributed by atoms with Crippen molar-refractivity contribution in [3.8, 4) is 0 Å². The lowest BCUT2D eigenvalue weighted by Crippen LogP contribution is -1.99. The summed E-state index contributed by atoms with van der Waals surface area (Å²) in [7, 11) is 12.0. The molecule has 0 bridgehead atoms. The first-order valence-electron chi connectivity index (χ1n) is 2.68. The Bertz CT molecular complexity index is 26.5. The van der Waals surface area contributed by atoms with Crippen LogP contribution in [0.1, 0.15) is 0 Å². The molecule has 0 aliphatic rings. The van der Waals surface area contributed by atoms with E-state index in [1.165, 1.54) is 0 Å². The van der Waals surface area contributed by atoms with E-state index in [-0.39, 0.29) is 5.48 Å². The van der Waals surface area contributed by atoms with Crippen molar-refractivity contribution in [2.45, 2.75) is 0 Å². The standard InChI is InChI=1S/2C3H9N.H2O/c2*1-4(2)3;/h2*1-3H3;1H2. The fourth-order valence-electron chi connectivity index (χ4n) is 0. The summed E-state index contributed by atoms with van der Waals surface area (Å²) in [5.41, 5.74) is 0. The Hall–Kier alpha value is -0.120. The molecule has 0 rings (SSSR count). The molecule has 0 amide bonds. The summed E-state index contributed by atoms with van der Waals surface area (Å²) in [6, 6.07) is 0. The molecule has 60 valence electrons. The van der Waals surface area contributed by atoms with Crippen LogP contribution < -0.4 is 0 Å². The molecule has 0 heterocycles. The zero-order valence-electron chi connectivity index (χ0n) is 7.39. The van der Waals surface area contributed by atoms with Gasteiger partial charge >= 0.3 is 0 Å². The average Bonchev–Trinajstić information content (AvgIpc) is 1.25. The monoisotopic (exact) mass is 136 g/mol. The lowest BCUT2D eigenvalue weighted by atomic mass is 11.0. The Morgan fingerprint density at radius 1 is 0.556 bits per heavy atom. The zero-order valence-corrected chi connectivity index (χ0v) is 7.39. The first-order chi connectivity index (χ1) is 3.46. The highest BCUT2D eigenvalue weighted by Crippen LogP contribution is 1.48. The summed E-state index contributed by atoms with van der Waals surface area (Å²) in [5.74, 6) is 0. The van der Waals surface area contributed by atoms with Crippen LogP contribution in [0.4, 0.5) is 0 Å². The van der Waals surface area contributed by atoms with Crippen molar-refractivity contribution in [3.63, 3.8) is 0 Å². The molecule has 0 aromatic carbocycles. The van der Waals surface area contributed by atoms with E-state index < -0.39 is 0 Å². The minimum absolute atomic E-state index is 0. The molecule has 0 atom stereocenters. The van der Waals surface area contributed by atoms with Gasteiger partial charge in [-0.3, -0.25) is 0 Å². The van der Waals surface area contributed by atoms with E-state index in [1.54, 1.807) is 0 Å². The minimum Gasteiger partial charge on any atom is -0.412 e. The highest BCUT2D eigenvalue weighted by molar-refractivity contribution is 4.09. The molecule has 3 nitrogen and oxygen atoms in total. The highest BCUT2D eigenvalue weighted by atomic mass is 16.0. The summed E-state index contributed by atoms with van der Waals surface area (Å²) in [6.45, 7) is 0. The van der Waals surface area contributed by atoms with Crippen molar-refractivity contribution in [2.75, 3.05) is 42.3 Å². The van der Waals surface area contributed by atoms with E-state index in [0.29, 0.717) is 0 Å². The van der Waals surface area contributed by atoms with Gasteiger partial charge in [0.1, 0.15) is 0 Å². The highest BCUT2D eigenvalue weighted by Gasteiger charge is 1.58. The molecule has 0 fully saturated rings. The van der Waals surface area contributed by atoms with Crippen molar-refractivity contribution in [1.29, 1.82) is 0 Å². The van der Waals surface area contributed by atoms with Crippen LogP contribution in [-0.4, -0.2) is 57.6 Å². The Morgan fingerprint density at radius 2 is 0.556 bits per heavy atom. The number of nitrogens with zero attached hydrogens (tertiary/aromatic N) is 2. The van der Waals surface area contributed by atoms with Crippen LogP contribution in [0.25, 0.3) is 0 Å². The summed E-state index contributed by atoms with van der Waals surface area (Å²) < 4.78 is 0. The Balaban J connectivity index is -0.0000000720. The summed E-state index contributed by atoms with van der Waals surface area (Å²) in [4.78, 5) is 4.00. The Labute approximate surface area is 58.6 Å². The van der Waals surface area contributed by atoms with Crippen molar-refractivity contribution >= 4 is 0 Å². The van der Waals surface area contributed by atoms with Crippen LogP contribution >= 0.6 is 0 Å². The molecule has 0 aliphatic carbocycles. The van der Waals surface area contributed by atoms with Crippen LogP contribution in [0.15, 0.2) is 0 Å². The van der Waals surface area contributed by atoms with Gasteiger partial charge in [0.05, 0.1) is 0 Å². The molecule has 0 radical (unpaired) electrons. The number of rotatable bonds is 0. The van der Waals surface area contributed by atoms with E-state index >= 15 is 0 Å². The van der Waals surface area contributed by atoms with Crippen LogP contribution in [0.2, 0.25) is 0 Å². The third kappa shape index (κ3) is 18900. The summed E-state index contributed by atoms with van der Waals surface area (Å²) in [6.07, 6.45) is 0. The van der Waals surface area contributed by atoms with E-state index in [9.17, 15) is 0 Å². The first kappa shape index (κ1) is 15.9. The zero-order chi connectivity index (χ0) is 7.15. The molecule has 9 heavy (non-hydrogen) atoms. The number of hydrogen-bond acceptors (Lipinski definition) is 2. The maximum Gasteiger partial charge on any atom is -0.0140 e. The summed E-state index contributed by atoms with van der Waals surface area (Å²) >= 11 is 0. The molecule has 0 aromatic rings. The van der Waals surface area contributed by atoms with Gasteiger partial charge in [0, 0.05) is 0 Å². The van der Waals surface area contributed by atoms with E-state index in [2.05, 4.69) is 0 Å². The van der Waals surface area contributed by atoms with Gasteiger partial charge < -0.3 is 15.3 Å². The van der Waals surface area contributed by atoms with Crippen LogP contribution in [0, 0.1) is 0 Å². The van der Waals surface area contributed by atoms with Gasteiger partial charge in [-0.1, -0.05) is 0 Å². The van der Waals surface area contributed by atoms with Crippen molar-refractivity contribution in [3.05, 3.63) is 0 Å². The fourth-order valence-corrected chi connectivity index (χ4v) is 0. The fraction of sp³-hybridized carbons (Fsp3) is 1.00. The minimum atomic E-state index is 0. The quantitative estimate of drug-likeness (QED) is 0.451. The van der Waals surface area contributed by atoms with E-state index in [0.717, 1.165) is 0 Å². The topological polar surface area (TPSA) is 38.0 Å². The second kappa shape index (κ2) is 10.8. The molecule has 0 spiro atoms. The maximum absolute atomic E-state index is 2.00. The molecule has 0 aliphatic heterocycles. The molecular formula is C6H20N2O. The van der Waals surface area contributed by atoms with Crippen LogP contribution in [0.3, 0.4) is 0 Å². The Morgan fingerprint density at radius 3 is 0.556 bits per heavy atom. The molecule has 2 N–H and O–H groups in total. The predicted molar refractivity (Wildman–Crippen MR) is 42.8 cm³/mol. The lowest BCUT2D eigenvalue weighted by Gasteiger charge is -1.90. The van der Waals surface area contributed by atoms with Gasteiger partial charge in [0.15, 0.2) is 0 Å².